The SMILES string of the molecule is CCOc1ccc2[nH]c3c(c2c1)CC1(C)C(=O)N(CCN(C)CCO)C(=O)N1C3c1cccc(O)c1. The molecule has 0 bridgehead atoms. The molecule has 2 unspecified atom stereocenters. The molecule has 2 aliphatic rings. The number of aliphatic hydroxyl groups is 1. The molecular weight excluding hydrogens is 460 g/mol. The van der Waals surface area contributed by atoms with Crippen molar-refractivity contribution in [3.63, 3.8) is 0 Å². The number of nitrogens with one attached hydrogen (secondary N) is 1. The van der Waals surface area contributed by atoms with Gasteiger partial charge in [0.15, 0.2) is 0 Å². The molecule has 3 aromatic rings. The molecule has 1 fully saturated rings. The monoisotopic (exact) mass is 492 g/mol. The summed E-state index contributed by atoms with van der Waals surface area (Å²) in [5.41, 5.74) is 2.34. The summed E-state index contributed by atoms with van der Waals surface area (Å²) in [6, 6.07) is 11.8. The summed E-state index contributed by atoms with van der Waals surface area (Å²) in [6.45, 7) is 5.47. The van der Waals surface area contributed by atoms with E-state index in [9.17, 15) is 19.8 Å². The zero-order valence-electron chi connectivity index (χ0n) is 20.8. The molecule has 3 N–H and O–H groups in total. The molecule has 0 spiro atoms. The van der Waals surface area contributed by atoms with Gasteiger partial charge in [-0.05, 0) is 62.4 Å². The molecule has 3 amide bonds. The van der Waals surface area contributed by atoms with E-state index in [2.05, 4.69) is 4.98 Å². The van der Waals surface area contributed by atoms with Crippen LogP contribution in [0.1, 0.15) is 36.7 Å². The highest BCUT2D eigenvalue weighted by atomic mass is 16.5. The fraction of sp³-hybridized carbons (Fsp3) is 0.407. The van der Waals surface area contributed by atoms with Crippen molar-refractivity contribution < 1.29 is 24.5 Å². The van der Waals surface area contributed by atoms with Crippen molar-refractivity contribution in [2.24, 2.45) is 0 Å². The molecule has 2 aromatic carbocycles. The third-order valence-corrected chi connectivity index (χ3v) is 7.32. The van der Waals surface area contributed by atoms with Crippen molar-refractivity contribution in [1.82, 2.24) is 19.7 Å². The zero-order chi connectivity index (χ0) is 25.6. The second-order valence-electron chi connectivity index (χ2n) is 9.74. The van der Waals surface area contributed by atoms with Gasteiger partial charge in [-0.25, -0.2) is 4.79 Å². The second-order valence-corrected chi connectivity index (χ2v) is 9.74. The molecule has 0 aliphatic carbocycles. The van der Waals surface area contributed by atoms with Crippen LogP contribution in [0.4, 0.5) is 4.79 Å². The quantitative estimate of drug-likeness (QED) is 0.417. The normalized spacial score (nSPS) is 21.4. The Morgan fingerprint density at radius 1 is 1.19 bits per heavy atom. The number of aromatic hydroxyl groups is 1. The number of imide groups is 1. The summed E-state index contributed by atoms with van der Waals surface area (Å²) in [4.78, 5) is 36.0. The maximum atomic E-state index is 13.8. The minimum atomic E-state index is -1.09. The van der Waals surface area contributed by atoms with Crippen LogP contribution in [-0.4, -0.2) is 87.3 Å². The van der Waals surface area contributed by atoms with Crippen LogP contribution in [0, 0.1) is 0 Å². The number of carbonyl (C=O) groups is 2. The van der Waals surface area contributed by atoms with Gasteiger partial charge in [-0.3, -0.25) is 14.6 Å². The number of fused-ring (bicyclic) bond motifs is 4. The van der Waals surface area contributed by atoms with Crippen LogP contribution in [0.25, 0.3) is 10.9 Å². The van der Waals surface area contributed by atoms with Gasteiger partial charge in [-0.1, -0.05) is 12.1 Å². The Bertz CT molecular complexity index is 1320. The van der Waals surface area contributed by atoms with Crippen molar-refractivity contribution in [3.8, 4) is 11.5 Å². The summed E-state index contributed by atoms with van der Waals surface area (Å²) >= 11 is 0. The first-order chi connectivity index (χ1) is 17.3. The first-order valence-corrected chi connectivity index (χ1v) is 12.3. The van der Waals surface area contributed by atoms with E-state index in [1.165, 1.54) is 4.90 Å². The summed E-state index contributed by atoms with van der Waals surface area (Å²) in [7, 11) is 1.85. The van der Waals surface area contributed by atoms with Gasteiger partial charge in [0.1, 0.15) is 23.1 Å². The number of amides is 3. The number of aliphatic hydroxyl groups excluding tert-OH is 1. The number of urea groups is 1. The number of hydrogen-bond donors (Lipinski definition) is 3. The lowest BCUT2D eigenvalue weighted by Crippen LogP contribution is -2.53. The highest BCUT2D eigenvalue weighted by Gasteiger charge is 2.60. The topological polar surface area (TPSA) is 109 Å². The molecule has 2 aliphatic heterocycles. The number of phenols is 1. The number of benzene rings is 2. The van der Waals surface area contributed by atoms with E-state index >= 15 is 0 Å². The molecule has 2 atom stereocenters. The van der Waals surface area contributed by atoms with Crippen LogP contribution in [0.3, 0.4) is 0 Å². The van der Waals surface area contributed by atoms with E-state index in [1.807, 2.05) is 50.1 Å². The van der Waals surface area contributed by atoms with Crippen molar-refractivity contribution in [3.05, 3.63) is 59.3 Å². The molecule has 9 nitrogen and oxygen atoms in total. The average molecular weight is 493 g/mol. The lowest BCUT2D eigenvalue weighted by atomic mass is 9.81. The predicted octanol–water partition coefficient (Wildman–Crippen LogP) is 2.86. The number of likely N-dealkylation sites (N-methyl/N-ethyl adjacent to an activating group) is 1. The van der Waals surface area contributed by atoms with Gasteiger partial charge in [0.25, 0.3) is 5.91 Å². The van der Waals surface area contributed by atoms with Gasteiger partial charge in [-0.15, -0.1) is 0 Å². The van der Waals surface area contributed by atoms with E-state index in [0.717, 1.165) is 33.5 Å². The molecule has 190 valence electrons. The van der Waals surface area contributed by atoms with Gasteiger partial charge < -0.3 is 24.8 Å². The molecule has 1 saturated heterocycles. The Kier molecular flexibility index (Phi) is 6.13. The highest BCUT2D eigenvalue weighted by Crippen LogP contribution is 2.49. The minimum Gasteiger partial charge on any atom is -0.508 e. The van der Waals surface area contributed by atoms with Crippen LogP contribution in [0.15, 0.2) is 42.5 Å². The smallest absolute Gasteiger partial charge is 0.328 e. The first-order valence-electron chi connectivity index (χ1n) is 12.3. The number of H-pyrrole nitrogens is 1. The minimum absolute atomic E-state index is 0.00720. The van der Waals surface area contributed by atoms with Crippen LogP contribution < -0.4 is 4.74 Å². The number of carbonyl (C=O) groups excluding carboxylic acids is 2. The van der Waals surface area contributed by atoms with E-state index in [1.54, 1.807) is 23.1 Å². The molecule has 36 heavy (non-hydrogen) atoms. The number of rotatable bonds is 8. The number of nitrogens with zero attached hydrogens (tertiary/aromatic N) is 3. The Hall–Kier alpha value is -3.56. The summed E-state index contributed by atoms with van der Waals surface area (Å²) < 4.78 is 5.73. The predicted molar refractivity (Wildman–Crippen MR) is 135 cm³/mol. The van der Waals surface area contributed by atoms with Crippen molar-refractivity contribution in [2.45, 2.75) is 31.8 Å². The average Bonchev–Trinajstić information content (AvgIpc) is 3.28. The van der Waals surface area contributed by atoms with Gasteiger partial charge in [0, 0.05) is 42.7 Å². The Morgan fingerprint density at radius 3 is 2.72 bits per heavy atom. The summed E-state index contributed by atoms with van der Waals surface area (Å²) in [5, 5.41) is 20.4. The maximum Gasteiger partial charge on any atom is 0.328 e. The van der Waals surface area contributed by atoms with Crippen LogP contribution >= 0.6 is 0 Å². The Morgan fingerprint density at radius 2 is 2.00 bits per heavy atom. The van der Waals surface area contributed by atoms with Gasteiger partial charge >= 0.3 is 6.03 Å². The third-order valence-electron chi connectivity index (χ3n) is 7.32. The standard InChI is InChI=1S/C27H32N4O5/c1-4-36-19-8-9-22-20(15-19)21-16-27(2)25(34)30(11-10-29(3)12-13-32)26(35)31(27)24(23(21)28-22)17-6-5-7-18(33)14-17/h5-9,14-15,24,28,32-33H,4,10-13,16H2,1-3H3. The largest absolute Gasteiger partial charge is 0.508 e. The number of hydrogen-bond acceptors (Lipinski definition) is 6. The number of phenolic OH excluding ortho intramolecular Hbond substituents is 1. The molecule has 3 heterocycles. The first kappa shape index (κ1) is 24.1. The number of aromatic nitrogens is 1. The molecule has 1 aromatic heterocycles. The van der Waals surface area contributed by atoms with Crippen molar-refractivity contribution >= 4 is 22.8 Å². The zero-order valence-corrected chi connectivity index (χ0v) is 20.8. The third kappa shape index (κ3) is 3.79. The lowest BCUT2D eigenvalue weighted by molar-refractivity contribution is -0.133. The number of ether oxygens (including phenoxy) is 1. The van der Waals surface area contributed by atoms with E-state index in [-0.39, 0.29) is 30.8 Å². The van der Waals surface area contributed by atoms with Gasteiger partial charge in [0.05, 0.1) is 13.2 Å². The van der Waals surface area contributed by atoms with Crippen LogP contribution in [-0.2, 0) is 11.2 Å². The second kappa shape index (κ2) is 9.15. The Balaban J connectivity index is 1.63. The van der Waals surface area contributed by atoms with E-state index < -0.39 is 11.6 Å². The number of aromatic amines is 1. The van der Waals surface area contributed by atoms with E-state index in [0.29, 0.717) is 26.1 Å². The summed E-state index contributed by atoms with van der Waals surface area (Å²) in [5.74, 6) is 0.600. The maximum absolute atomic E-state index is 13.8. The molecule has 0 saturated carbocycles. The highest BCUT2D eigenvalue weighted by molar-refractivity contribution is 6.08. The van der Waals surface area contributed by atoms with Crippen molar-refractivity contribution in [1.29, 1.82) is 0 Å². The fourth-order valence-corrected chi connectivity index (χ4v) is 5.54. The van der Waals surface area contributed by atoms with Crippen LogP contribution in [0.2, 0.25) is 0 Å². The molecule has 0 radical (unpaired) electrons. The lowest BCUT2D eigenvalue weighted by Gasteiger charge is -2.42. The Labute approximate surface area is 209 Å². The molecule has 5 rings (SSSR count). The molecule has 9 heteroatoms. The summed E-state index contributed by atoms with van der Waals surface area (Å²) in [6.07, 6.45) is 0.362. The van der Waals surface area contributed by atoms with Crippen molar-refractivity contribution in [2.75, 3.05) is 39.9 Å². The van der Waals surface area contributed by atoms with Crippen LogP contribution in [0.5, 0.6) is 11.5 Å². The van der Waals surface area contributed by atoms with Gasteiger partial charge in [0.2, 0.25) is 0 Å². The van der Waals surface area contributed by atoms with Gasteiger partial charge in [-0.2, -0.15) is 0 Å². The van der Waals surface area contributed by atoms with E-state index in [4.69, 9.17) is 4.74 Å². The fourth-order valence-electron chi connectivity index (χ4n) is 5.54. The molecular formula is C27H32N4O5.